The summed E-state index contributed by atoms with van der Waals surface area (Å²) >= 11 is 0. The van der Waals surface area contributed by atoms with Crippen LogP contribution in [-0.2, 0) is 9.84 Å². The SMILES string of the molecule is COc1cccc(-n2nnc(C(=O)Nc3cc(C)nn3C3CCS(=O)(=O)C3)c2C)c1. The number of benzene rings is 1. The number of aryl methyl sites for hydroxylation is 1. The maximum Gasteiger partial charge on any atom is 0.279 e. The van der Waals surface area contributed by atoms with Crippen molar-refractivity contribution in [2.45, 2.75) is 26.3 Å². The number of anilines is 1. The Morgan fingerprint density at radius 3 is 2.77 bits per heavy atom. The summed E-state index contributed by atoms with van der Waals surface area (Å²) in [6, 6.07) is 8.69. The van der Waals surface area contributed by atoms with Crippen LogP contribution in [0.1, 0.15) is 34.3 Å². The standard InChI is InChI=1S/C19H22N6O4S/c1-12-9-17(25(22-12)15-7-8-30(27,28)11-15)20-19(26)18-13(2)24(23-21-18)14-5-4-6-16(10-14)29-3/h4-6,9-10,15H,7-8,11H2,1-3H3,(H,20,26). The second-order valence-corrected chi connectivity index (χ2v) is 9.49. The van der Waals surface area contributed by atoms with Crippen molar-refractivity contribution >= 4 is 21.6 Å². The van der Waals surface area contributed by atoms with Gasteiger partial charge < -0.3 is 10.1 Å². The van der Waals surface area contributed by atoms with E-state index >= 15 is 0 Å². The van der Waals surface area contributed by atoms with Crippen molar-refractivity contribution < 1.29 is 17.9 Å². The fraction of sp³-hybridized carbons (Fsp3) is 0.368. The minimum atomic E-state index is -3.08. The first-order valence-corrected chi connectivity index (χ1v) is 11.2. The molecule has 11 heteroatoms. The Morgan fingerprint density at radius 2 is 2.07 bits per heavy atom. The minimum Gasteiger partial charge on any atom is -0.497 e. The number of nitrogens with zero attached hydrogens (tertiary/aromatic N) is 5. The summed E-state index contributed by atoms with van der Waals surface area (Å²) in [4.78, 5) is 12.9. The smallest absolute Gasteiger partial charge is 0.279 e. The molecule has 4 rings (SSSR count). The number of methoxy groups -OCH3 is 1. The second-order valence-electron chi connectivity index (χ2n) is 7.26. The number of aromatic nitrogens is 5. The molecule has 1 aliphatic rings. The third-order valence-corrected chi connectivity index (χ3v) is 6.81. The van der Waals surface area contributed by atoms with Gasteiger partial charge in [0.2, 0.25) is 0 Å². The maximum absolute atomic E-state index is 12.9. The normalized spacial score (nSPS) is 17.8. The van der Waals surface area contributed by atoms with Crippen LogP contribution in [0.25, 0.3) is 5.69 Å². The number of rotatable bonds is 5. The molecule has 0 saturated carbocycles. The molecule has 0 bridgehead atoms. The molecular formula is C19H22N6O4S. The molecule has 1 aromatic carbocycles. The predicted octanol–water partition coefficient (Wildman–Crippen LogP) is 1.70. The van der Waals surface area contributed by atoms with E-state index in [0.29, 0.717) is 29.4 Å². The van der Waals surface area contributed by atoms with Gasteiger partial charge in [-0.25, -0.2) is 17.8 Å². The summed E-state index contributed by atoms with van der Waals surface area (Å²) in [6.45, 7) is 3.54. The molecule has 2 aromatic heterocycles. The molecule has 1 unspecified atom stereocenters. The summed E-state index contributed by atoms with van der Waals surface area (Å²) in [5, 5.41) is 15.3. The topological polar surface area (TPSA) is 121 Å². The van der Waals surface area contributed by atoms with Gasteiger partial charge >= 0.3 is 0 Å². The van der Waals surface area contributed by atoms with Crippen molar-refractivity contribution in [3.05, 3.63) is 47.4 Å². The van der Waals surface area contributed by atoms with E-state index in [4.69, 9.17) is 4.74 Å². The molecule has 10 nitrogen and oxygen atoms in total. The molecule has 1 atom stereocenters. The molecule has 0 spiro atoms. The molecule has 1 amide bonds. The van der Waals surface area contributed by atoms with Crippen molar-refractivity contribution in [3.63, 3.8) is 0 Å². The monoisotopic (exact) mass is 430 g/mol. The fourth-order valence-corrected chi connectivity index (χ4v) is 5.25. The van der Waals surface area contributed by atoms with Gasteiger partial charge in [-0.2, -0.15) is 5.10 Å². The van der Waals surface area contributed by atoms with Crippen LogP contribution in [0.2, 0.25) is 0 Å². The van der Waals surface area contributed by atoms with E-state index < -0.39 is 15.7 Å². The molecule has 1 fully saturated rings. The Kier molecular flexibility index (Phi) is 5.06. The van der Waals surface area contributed by atoms with Crippen LogP contribution in [0.5, 0.6) is 5.75 Å². The molecule has 0 aliphatic carbocycles. The second kappa shape index (κ2) is 7.56. The highest BCUT2D eigenvalue weighted by Crippen LogP contribution is 2.27. The van der Waals surface area contributed by atoms with Crippen LogP contribution in [0.3, 0.4) is 0 Å². The van der Waals surface area contributed by atoms with E-state index in [-0.39, 0.29) is 23.2 Å². The average Bonchev–Trinajstić information content (AvgIpc) is 3.38. The third-order valence-electron chi connectivity index (χ3n) is 5.06. The Labute approximate surface area is 173 Å². The van der Waals surface area contributed by atoms with Crippen molar-refractivity contribution in [2.75, 3.05) is 23.9 Å². The van der Waals surface area contributed by atoms with Gasteiger partial charge in [-0.05, 0) is 32.4 Å². The first-order valence-electron chi connectivity index (χ1n) is 9.42. The first kappa shape index (κ1) is 20.1. The van der Waals surface area contributed by atoms with Crippen LogP contribution >= 0.6 is 0 Å². The summed E-state index contributed by atoms with van der Waals surface area (Å²) in [5.41, 5.74) is 2.14. The van der Waals surface area contributed by atoms with E-state index in [1.54, 1.807) is 42.5 Å². The van der Waals surface area contributed by atoms with Gasteiger partial charge in [0.15, 0.2) is 15.5 Å². The summed E-state index contributed by atoms with van der Waals surface area (Å²) in [6.07, 6.45) is 0.470. The molecular weight excluding hydrogens is 408 g/mol. The van der Waals surface area contributed by atoms with Gasteiger partial charge in [-0.3, -0.25) is 4.79 Å². The lowest BCUT2D eigenvalue weighted by atomic mass is 10.2. The van der Waals surface area contributed by atoms with Crippen LogP contribution in [0, 0.1) is 13.8 Å². The average molecular weight is 430 g/mol. The van der Waals surface area contributed by atoms with Crippen molar-refractivity contribution in [1.29, 1.82) is 0 Å². The van der Waals surface area contributed by atoms with Gasteiger partial charge in [0.05, 0.1) is 41.7 Å². The number of hydrogen-bond acceptors (Lipinski definition) is 7. The van der Waals surface area contributed by atoms with E-state index in [9.17, 15) is 13.2 Å². The molecule has 158 valence electrons. The molecule has 1 N–H and O–H groups in total. The van der Waals surface area contributed by atoms with Crippen LogP contribution in [-0.4, -0.2) is 57.7 Å². The summed E-state index contributed by atoms with van der Waals surface area (Å²) < 4.78 is 32.1. The number of ether oxygens (including phenoxy) is 1. The largest absolute Gasteiger partial charge is 0.497 e. The zero-order valence-corrected chi connectivity index (χ0v) is 17.7. The molecule has 0 radical (unpaired) electrons. The highest BCUT2D eigenvalue weighted by atomic mass is 32.2. The predicted molar refractivity (Wildman–Crippen MR) is 110 cm³/mol. The highest BCUT2D eigenvalue weighted by Gasteiger charge is 2.31. The lowest BCUT2D eigenvalue weighted by Gasteiger charge is -2.13. The fourth-order valence-electron chi connectivity index (χ4n) is 3.56. The minimum absolute atomic E-state index is 0.0159. The van der Waals surface area contributed by atoms with E-state index in [1.165, 1.54) is 0 Å². The maximum atomic E-state index is 12.9. The van der Waals surface area contributed by atoms with Crippen molar-refractivity contribution in [1.82, 2.24) is 24.8 Å². The lowest BCUT2D eigenvalue weighted by molar-refractivity contribution is 0.102. The van der Waals surface area contributed by atoms with Gasteiger partial charge in [0.25, 0.3) is 5.91 Å². The molecule has 1 saturated heterocycles. The quantitative estimate of drug-likeness (QED) is 0.654. The van der Waals surface area contributed by atoms with E-state index in [0.717, 1.165) is 5.69 Å². The van der Waals surface area contributed by atoms with Crippen LogP contribution in [0.4, 0.5) is 5.82 Å². The zero-order valence-electron chi connectivity index (χ0n) is 16.9. The van der Waals surface area contributed by atoms with E-state index in [1.807, 2.05) is 18.2 Å². The number of sulfone groups is 1. The molecule has 1 aliphatic heterocycles. The Balaban J connectivity index is 1.59. The molecule has 3 aromatic rings. The van der Waals surface area contributed by atoms with Crippen molar-refractivity contribution in [3.8, 4) is 11.4 Å². The Bertz CT molecular complexity index is 1210. The molecule has 30 heavy (non-hydrogen) atoms. The van der Waals surface area contributed by atoms with Gasteiger partial charge in [-0.1, -0.05) is 11.3 Å². The summed E-state index contributed by atoms with van der Waals surface area (Å²) in [5.74, 6) is 0.804. The lowest BCUT2D eigenvalue weighted by Crippen LogP contribution is -2.20. The number of hydrogen-bond donors (Lipinski definition) is 1. The zero-order chi connectivity index (χ0) is 21.5. The highest BCUT2D eigenvalue weighted by molar-refractivity contribution is 7.91. The van der Waals surface area contributed by atoms with Gasteiger partial charge in [0, 0.05) is 12.1 Å². The Hall–Kier alpha value is -3.21. The molecule has 3 heterocycles. The summed E-state index contributed by atoms with van der Waals surface area (Å²) in [7, 11) is -1.50. The first-order chi connectivity index (χ1) is 14.3. The third kappa shape index (κ3) is 3.80. The van der Waals surface area contributed by atoms with Crippen LogP contribution < -0.4 is 10.1 Å². The van der Waals surface area contributed by atoms with Gasteiger partial charge in [0.1, 0.15) is 11.6 Å². The van der Waals surface area contributed by atoms with Crippen molar-refractivity contribution in [2.24, 2.45) is 0 Å². The van der Waals surface area contributed by atoms with E-state index in [2.05, 4.69) is 20.7 Å². The number of nitrogens with one attached hydrogen (secondary N) is 1. The number of amides is 1. The van der Waals surface area contributed by atoms with Gasteiger partial charge in [-0.15, -0.1) is 5.10 Å². The Morgan fingerprint density at radius 1 is 1.27 bits per heavy atom. The van der Waals surface area contributed by atoms with Crippen LogP contribution in [0.15, 0.2) is 30.3 Å². The number of carbonyl (C=O) groups excluding carboxylic acids is 1. The number of carbonyl (C=O) groups is 1.